The molecule has 5 nitrogen and oxygen atoms in total. The van der Waals surface area contributed by atoms with E-state index in [1.54, 1.807) is 12.3 Å². The molecule has 0 radical (unpaired) electrons. The Morgan fingerprint density at radius 3 is 2.78 bits per heavy atom. The molecule has 2 aromatic rings. The summed E-state index contributed by atoms with van der Waals surface area (Å²) < 4.78 is 5.37. The van der Waals surface area contributed by atoms with E-state index in [0.29, 0.717) is 17.3 Å². The number of aromatic amines is 1. The molecule has 3 rings (SSSR count). The number of benzene rings is 1. The van der Waals surface area contributed by atoms with Gasteiger partial charge in [-0.15, -0.1) is 0 Å². The van der Waals surface area contributed by atoms with E-state index in [1.165, 1.54) is 5.56 Å². The van der Waals surface area contributed by atoms with Gasteiger partial charge in [-0.2, -0.15) is 0 Å². The van der Waals surface area contributed by atoms with Gasteiger partial charge in [-0.1, -0.05) is 35.9 Å². The number of carbonyl (C=O) groups excluding carboxylic acids is 1. The van der Waals surface area contributed by atoms with Gasteiger partial charge in [-0.25, -0.2) is 0 Å². The smallest absolute Gasteiger partial charge is 0.268 e. The predicted octanol–water partition coefficient (Wildman–Crippen LogP) is 2.43. The van der Waals surface area contributed by atoms with Crippen molar-refractivity contribution in [2.45, 2.75) is 13.1 Å². The monoisotopic (exact) mass is 333 g/mol. The van der Waals surface area contributed by atoms with Crippen LogP contribution >= 0.6 is 11.6 Å². The van der Waals surface area contributed by atoms with Gasteiger partial charge in [-0.3, -0.25) is 9.69 Å². The van der Waals surface area contributed by atoms with Crippen LogP contribution in [-0.4, -0.2) is 42.1 Å². The van der Waals surface area contributed by atoms with E-state index < -0.39 is 0 Å². The zero-order valence-electron chi connectivity index (χ0n) is 12.8. The Bertz CT molecular complexity index is 665. The number of rotatable bonds is 5. The maximum atomic E-state index is 12.0. The molecule has 1 amide bonds. The van der Waals surface area contributed by atoms with Gasteiger partial charge in [0.2, 0.25) is 0 Å². The molecule has 1 aliphatic rings. The zero-order valence-corrected chi connectivity index (χ0v) is 13.6. The maximum absolute atomic E-state index is 12.0. The number of aromatic nitrogens is 1. The minimum atomic E-state index is -0.157. The number of amides is 1. The standard InChI is InChI=1S/C17H20ClN3O2/c18-15-9-16(19-11-15)17(22)20-10-13-2-1-3-14(8-13)12-21-4-6-23-7-5-21/h1-3,8-9,11,19H,4-7,10,12H2,(H,20,22). The third-order valence-corrected chi connectivity index (χ3v) is 4.06. The fraction of sp³-hybridized carbons (Fsp3) is 0.353. The number of nitrogens with one attached hydrogen (secondary N) is 2. The third-order valence-electron chi connectivity index (χ3n) is 3.85. The normalized spacial score (nSPS) is 15.5. The number of nitrogens with zero attached hydrogens (tertiary/aromatic N) is 1. The molecule has 1 aromatic heterocycles. The van der Waals surface area contributed by atoms with Crippen molar-refractivity contribution in [2.24, 2.45) is 0 Å². The SMILES string of the molecule is O=C(NCc1cccc(CN2CCOCC2)c1)c1cc(Cl)c[nH]1. The Hall–Kier alpha value is -1.82. The van der Waals surface area contributed by atoms with Crippen LogP contribution < -0.4 is 5.32 Å². The largest absolute Gasteiger partial charge is 0.379 e. The van der Waals surface area contributed by atoms with Crippen molar-refractivity contribution in [2.75, 3.05) is 26.3 Å². The van der Waals surface area contributed by atoms with E-state index in [0.717, 1.165) is 38.4 Å². The van der Waals surface area contributed by atoms with E-state index in [2.05, 4.69) is 27.3 Å². The lowest BCUT2D eigenvalue weighted by molar-refractivity contribution is 0.0342. The number of H-pyrrole nitrogens is 1. The highest BCUT2D eigenvalue weighted by Gasteiger charge is 2.11. The molecule has 6 heteroatoms. The Morgan fingerprint density at radius 1 is 1.26 bits per heavy atom. The molecule has 1 aromatic carbocycles. The summed E-state index contributed by atoms with van der Waals surface area (Å²) in [4.78, 5) is 17.2. The summed E-state index contributed by atoms with van der Waals surface area (Å²) in [7, 11) is 0. The van der Waals surface area contributed by atoms with Crippen molar-refractivity contribution in [3.05, 3.63) is 58.4 Å². The predicted molar refractivity (Wildman–Crippen MR) is 89.5 cm³/mol. The van der Waals surface area contributed by atoms with Gasteiger partial charge in [0.15, 0.2) is 0 Å². The van der Waals surface area contributed by atoms with Gasteiger partial charge in [0.25, 0.3) is 5.91 Å². The molecule has 1 saturated heterocycles. The first-order valence-electron chi connectivity index (χ1n) is 7.71. The molecule has 1 fully saturated rings. The van der Waals surface area contributed by atoms with Crippen molar-refractivity contribution in [3.63, 3.8) is 0 Å². The molecular formula is C17H20ClN3O2. The van der Waals surface area contributed by atoms with Crippen molar-refractivity contribution in [3.8, 4) is 0 Å². The molecule has 0 aliphatic carbocycles. The highest BCUT2D eigenvalue weighted by atomic mass is 35.5. The molecule has 1 aliphatic heterocycles. The Kier molecular flexibility index (Phi) is 5.33. The Labute approximate surface area is 140 Å². The third kappa shape index (κ3) is 4.58. The fourth-order valence-electron chi connectivity index (χ4n) is 2.63. The summed E-state index contributed by atoms with van der Waals surface area (Å²) in [6, 6.07) is 9.92. The van der Waals surface area contributed by atoms with E-state index in [9.17, 15) is 4.79 Å². The minimum absolute atomic E-state index is 0.157. The number of hydrogen-bond acceptors (Lipinski definition) is 3. The Balaban J connectivity index is 1.55. The molecule has 122 valence electrons. The lowest BCUT2D eigenvalue weighted by Crippen LogP contribution is -2.35. The molecule has 2 heterocycles. The van der Waals surface area contributed by atoms with Crippen molar-refractivity contribution in [1.29, 1.82) is 0 Å². The fourth-order valence-corrected chi connectivity index (χ4v) is 2.80. The first kappa shape index (κ1) is 16.1. The van der Waals surface area contributed by atoms with E-state index in [1.807, 2.05) is 12.1 Å². The van der Waals surface area contributed by atoms with Crippen molar-refractivity contribution in [1.82, 2.24) is 15.2 Å². The maximum Gasteiger partial charge on any atom is 0.268 e. The molecule has 0 bridgehead atoms. The van der Waals surface area contributed by atoms with Crippen LogP contribution in [0.5, 0.6) is 0 Å². The number of halogens is 1. The highest BCUT2D eigenvalue weighted by Crippen LogP contribution is 2.11. The second-order valence-corrected chi connectivity index (χ2v) is 6.06. The molecule has 0 atom stereocenters. The van der Waals surface area contributed by atoms with Crippen LogP contribution in [-0.2, 0) is 17.8 Å². The summed E-state index contributed by atoms with van der Waals surface area (Å²) in [5.41, 5.74) is 2.81. The van der Waals surface area contributed by atoms with Crippen LogP contribution in [0.1, 0.15) is 21.6 Å². The summed E-state index contributed by atoms with van der Waals surface area (Å²) in [5, 5.41) is 3.43. The van der Waals surface area contributed by atoms with Gasteiger partial charge in [0.05, 0.1) is 18.2 Å². The molecule has 0 saturated carbocycles. The van der Waals surface area contributed by atoms with Crippen LogP contribution in [0.2, 0.25) is 5.02 Å². The molecule has 0 spiro atoms. The first-order chi connectivity index (χ1) is 11.2. The summed E-state index contributed by atoms with van der Waals surface area (Å²) in [6.07, 6.45) is 1.60. The van der Waals surface area contributed by atoms with E-state index in [4.69, 9.17) is 16.3 Å². The molecule has 23 heavy (non-hydrogen) atoms. The van der Waals surface area contributed by atoms with Crippen LogP contribution in [0.25, 0.3) is 0 Å². The van der Waals surface area contributed by atoms with E-state index >= 15 is 0 Å². The minimum Gasteiger partial charge on any atom is -0.379 e. The van der Waals surface area contributed by atoms with Gasteiger partial charge in [0, 0.05) is 32.4 Å². The average Bonchev–Trinajstić information content (AvgIpc) is 3.01. The summed E-state index contributed by atoms with van der Waals surface area (Å²) in [6.45, 7) is 4.94. The number of morpholine rings is 1. The second-order valence-electron chi connectivity index (χ2n) is 5.62. The van der Waals surface area contributed by atoms with Gasteiger partial charge < -0.3 is 15.0 Å². The van der Waals surface area contributed by atoms with E-state index in [-0.39, 0.29) is 5.91 Å². The lowest BCUT2D eigenvalue weighted by Gasteiger charge is -2.26. The first-order valence-corrected chi connectivity index (χ1v) is 8.08. The van der Waals surface area contributed by atoms with Crippen molar-refractivity contribution < 1.29 is 9.53 Å². The lowest BCUT2D eigenvalue weighted by atomic mass is 10.1. The quantitative estimate of drug-likeness (QED) is 0.883. The zero-order chi connectivity index (χ0) is 16.1. The van der Waals surface area contributed by atoms with Crippen LogP contribution in [0.3, 0.4) is 0 Å². The Morgan fingerprint density at radius 2 is 2.04 bits per heavy atom. The van der Waals surface area contributed by atoms with Gasteiger partial charge in [0.1, 0.15) is 5.69 Å². The number of carbonyl (C=O) groups is 1. The van der Waals surface area contributed by atoms with Gasteiger partial charge >= 0.3 is 0 Å². The molecule has 0 unspecified atom stereocenters. The summed E-state index contributed by atoms with van der Waals surface area (Å²) >= 11 is 5.81. The number of ether oxygens (including phenoxy) is 1. The van der Waals surface area contributed by atoms with Crippen LogP contribution in [0.15, 0.2) is 36.5 Å². The highest BCUT2D eigenvalue weighted by molar-refractivity contribution is 6.30. The van der Waals surface area contributed by atoms with Crippen molar-refractivity contribution >= 4 is 17.5 Å². The average molecular weight is 334 g/mol. The topological polar surface area (TPSA) is 57.4 Å². The van der Waals surface area contributed by atoms with Crippen LogP contribution in [0.4, 0.5) is 0 Å². The number of hydrogen-bond donors (Lipinski definition) is 2. The molecular weight excluding hydrogens is 314 g/mol. The van der Waals surface area contributed by atoms with Crippen LogP contribution in [0, 0.1) is 0 Å². The van der Waals surface area contributed by atoms with Gasteiger partial charge in [-0.05, 0) is 17.2 Å². The molecule has 2 N–H and O–H groups in total. The second kappa shape index (κ2) is 7.64. The summed E-state index contributed by atoms with van der Waals surface area (Å²) in [5.74, 6) is -0.157.